The van der Waals surface area contributed by atoms with E-state index in [0.717, 1.165) is 11.1 Å². The van der Waals surface area contributed by atoms with E-state index in [0.29, 0.717) is 34.3 Å². The van der Waals surface area contributed by atoms with E-state index in [4.69, 9.17) is 21.1 Å². The molecule has 0 aliphatic rings. The average Bonchev–Trinajstić information content (AvgIpc) is 2.97. The van der Waals surface area contributed by atoms with Crippen molar-refractivity contribution < 1.29 is 22.7 Å². The monoisotopic (exact) mass is 591 g/mol. The van der Waals surface area contributed by atoms with Gasteiger partial charge in [-0.25, -0.2) is 18.6 Å². The highest BCUT2D eigenvalue weighted by Crippen LogP contribution is 2.28. The summed E-state index contributed by atoms with van der Waals surface area (Å²) in [4.78, 5) is 12.9. The summed E-state index contributed by atoms with van der Waals surface area (Å²) in [5.74, 6) is 0.593. The van der Waals surface area contributed by atoms with Gasteiger partial charge in [0.15, 0.2) is 11.5 Å². The molecule has 0 saturated carbocycles. The number of aryl methyl sites for hydroxylation is 1. The number of nitrogens with one attached hydrogen (secondary N) is 2. The molecule has 0 aliphatic carbocycles. The number of nitrogens with zero attached hydrogens (tertiary/aromatic N) is 1. The lowest BCUT2D eigenvalue weighted by Gasteiger charge is -2.18. The minimum Gasteiger partial charge on any atom is -0.493 e. The number of carbonyl (C=O) groups excluding carboxylic acids is 1. The van der Waals surface area contributed by atoms with Crippen LogP contribution in [0.1, 0.15) is 34.7 Å². The highest BCUT2D eigenvalue weighted by atomic mass is 35.5. The number of benzene rings is 4. The fraction of sp³-hybridized carbons (Fsp3) is 0.161. The van der Waals surface area contributed by atoms with Crippen molar-refractivity contribution in [2.45, 2.75) is 30.9 Å². The topological polar surface area (TPSA) is 106 Å². The van der Waals surface area contributed by atoms with E-state index in [1.807, 2.05) is 25.1 Å². The molecule has 0 bridgehead atoms. The normalized spacial score (nSPS) is 12.2. The van der Waals surface area contributed by atoms with Crippen LogP contribution in [0.4, 0.5) is 0 Å². The molecule has 1 amide bonds. The first-order chi connectivity index (χ1) is 19.7. The minimum atomic E-state index is -3.87. The summed E-state index contributed by atoms with van der Waals surface area (Å²) in [6.07, 6.45) is 1.31. The van der Waals surface area contributed by atoms with Crippen LogP contribution < -0.4 is 19.6 Å². The standard InChI is InChI=1S/C31H30ClN3O5S/c1-22-8-15-27(16-9-22)41(37,38)35-28(25-6-4-3-5-7-25)19-31(36)34-33-20-24-12-17-29(30(18-24)39-2)40-21-23-10-13-26(32)14-11-23/h3-18,20,28,35H,19,21H2,1-2H3,(H,34,36)/b33-20-/t28-/m0/s1. The zero-order chi connectivity index (χ0) is 29.2. The predicted molar refractivity (Wildman–Crippen MR) is 160 cm³/mol. The Hall–Kier alpha value is -4.18. The van der Waals surface area contributed by atoms with Gasteiger partial charge in [0.2, 0.25) is 15.9 Å². The van der Waals surface area contributed by atoms with Gasteiger partial charge in [-0.1, -0.05) is 71.8 Å². The van der Waals surface area contributed by atoms with Crippen molar-refractivity contribution in [3.05, 3.63) is 124 Å². The molecule has 0 saturated heterocycles. The molecule has 0 unspecified atom stereocenters. The summed E-state index contributed by atoms with van der Waals surface area (Å²) in [7, 11) is -2.33. The van der Waals surface area contributed by atoms with Crippen LogP contribution in [-0.2, 0) is 21.4 Å². The van der Waals surface area contributed by atoms with Gasteiger partial charge in [0.1, 0.15) is 6.61 Å². The van der Waals surface area contributed by atoms with E-state index in [9.17, 15) is 13.2 Å². The lowest BCUT2D eigenvalue weighted by Crippen LogP contribution is -2.32. The van der Waals surface area contributed by atoms with Crippen LogP contribution in [0.5, 0.6) is 11.5 Å². The lowest BCUT2D eigenvalue weighted by molar-refractivity contribution is -0.121. The van der Waals surface area contributed by atoms with E-state index in [1.54, 1.807) is 66.7 Å². The summed E-state index contributed by atoms with van der Waals surface area (Å²) in [6.45, 7) is 2.22. The summed E-state index contributed by atoms with van der Waals surface area (Å²) in [5, 5.41) is 4.70. The largest absolute Gasteiger partial charge is 0.493 e. The van der Waals surface area contributed by atoms with Crippen molar-refractivity contribution >= 4 is 33.7 Å². The van der Waals surface area contributed by atoms with Gasteiger partial charge in [0.05, 0.1) is 24.3 Å². The molecule has 0 spiro atoms. The third-order valence-corrected chi connectivity index (χ3v) is 7.86. The zero-order valence-corrected chi connectivity index (χ0v) is 24.2. The molecule has 1 atom stereocenters. The second-order valence-electron chi connectivity index (χ2n) is 9.22. The van der Waals surface area contributed by atoms with Crippen LogP contribution in [0, 0.1) is 6.92 Å². The van der Waals surface area contributed by atoms with Crippen LogP contribution in [-0.4, -0.2) is 27.6 Å². The predicted octanol–water partition coefficient (Wildman–Crippen LogP) is 5.80. The molecule has 0 radical (unpaired) electrons. The third-order valence-electron chi connectivity index (χ3n) is 6.12. The number of hydrogen-bond acceptors (Lipinski definition) is 6. The zero-order valence-electron chi connectivity index (χ0n) is 22.6. The minimum absolute atomic E-state index is 0.122. The number of rotatable bonds is 12. The summed E-state index contributed by atoms with van der Waals surface area (Å²) >= 11 is 5.93. The third kappa shape index (κ3) is 8.65. The van der Waals surface area contributed by atoms with Gasteiger partial charge >= 0.3 is 0 Å². The van der Waals surface area contributed by atoms with Crippen molar-refractivity contribution in [2.75, 3.05) is 7.11 Å². The Morgan fingerprint density at radius 3 is 2.34 bits per heavy atom. The van der Waals surface area contributed by atoms with Crippen molar-refractivity contribution in [3.63, 3.8) is 0 Å². The smallest absolute Gasteiger partial charge is 0.242 e. The quantitative estimate of drug-likeness (QED) is 0.160. The van der Waals surface area contributed by atoms with Gasteiger partial charge < -0.3 is 9.47 Å². The maximum atomic E-state index is 13.0. The summed E-state index contributed by atoms with van der Waals surface area (Å²) in [5.41, 5.74) is 5.70. The SMILES string of the molecule is COc1cc(/C=N\NC(=O)C[C@H](NS(=O)(=O)c2ccc(C)cc2)c2ccccc2)ccc1OCc1ccc(Cl)cc1. The molecule has 0 heterocycles. The Balaban J connectivity index is 1.39. The number of hydrogen-bond donors (Lipinski definition) is 2. The maximum Gasteiger partial charge on any atom is 0.242 e. The van der Waals surface area contributed by atoms with Crippen LogP contribution in [0.2, 0.25) is 5.02 Å². The van der Waals surface area contributed by atoms with E-state index >= 15 is 0 Å². The molecule has 0 aromatic heterocycles. The first kappa shape index (κ1) is 29.8. The van der Waals surface area contributed by atoms with Crippen molar-refractivity contribution in [2.24, 2.45) is 5.10 Å². The highest BCUT2D eigenvalue weighted by Gasteiger charge is 2.23. The Kier molecular flexibility index (Phi) is 10.1. The second kappa shape index (κ2) is 13.9. The number of hydrazone groups is 1. The van der Waals surface area contributed by atoms with E-state index in [2.05, 4.69) is 15.2 Å². The van der Waals surface area contributed by atoms with E-state index in [-0.39, 0.29) is 11.3 Å². The van der Waals surface area contributed by atoms with Gasteiger partial charge in [0, 0.05) is 11.4 Å². The van der Waals surface area contributed by atoms with Crippen LogP contribution >= 0.6 is 11.6 Å². The fourth-order valence-electron chi connectivity index (χ4n) is 3.92. The molecule has 0 fully saturated rings. The van der Waals surface area contributed by atoms with Crippen molar-refractivity contribution in [3.8, 4) is 11.5 Å². The highest BCUT2D eigenvalue weighted by molar-refractivity contribution is 7.89. The molecule has 8 nitrogen and oxygen atoms in total. The Morgan fingerprint density at radius 1 is 0.951 bits per heavy atom. The molecule has 4 aromatic rings. The van der Waals surface area contributed by atoms with E-state index in [1.165, 1.54) is 25.5 Å². The molecule has 4 aromatic carbocycles. The van der Waals surface area contributed by atoms with Gasteiger partial charge in [-0.15, -0.1) is 0 Å². The molecular weight excluding hydrogens is 562 g/mol. The van der Waals surface area contributed by atoms with Crippen molar-refractivity contribution in [1.82, 2.24) is 10.1 Å². The van der Waals surface area contributed by atoms with Gasteiger partial charge in [-0.05, 0) is 66.1 Å². The number of carbonyl (C=O) groups is 1. The summed E-state index contributed by atoms with van der Waals surface area (Å²) < 4.78 is 40.1. The average molecular weight is 592 g/mol. The van der Waals surface area contributed by atoms with Crippen LogP contribution in [0.15, 0.2) is 107 Å². The molecule has 10 heteroatoms. The Morgan fingerprint density at radius 2 is 1.66 bits per heavy atom. The Labute approximate surface area is 245 Å². The molecular formula is C31H30ClN3O5S. The van der Waals surface area contributed by atoms with Gasteiger partial charge in [0.25, 0.3) is 0 Å². The summed E-state index contributed by atoms with van der Waals surface area (Å²) in [6, 6.07) is 27.3. The Bertz CT molecular complexity index is 1590. The van der Waals surface area contributed by atoms with Gasteiger partial charge in [-0.3, -0.25) is 4.79 Å². The van der Waals surface area contributed by atoms with Crippen molar-refractivity contribution in [1.29, 1.82) is 0 Å². The number of halogens is 1. The number of amides is 1. The second-order valence-corrected chi connectivity index (χ2v) is 11.4. The van der Waals surface area contributed by atoms with Gasteiger partial charge in [-0.2, -0.15) is 5.10 Å². The maximum absolute atomic E-state index is 13.0. The lowest BCUT2D eigenvalue weighted by atomic mass is 10.0. The number of sulfonamides is 1. The first-order valence-electron chi connectivity index (χ1n) is 12.7. The van der Waals surface area contributed by atoms with Crippen LogP contribution in [0.25, 0.3) is 0 Å². The fourth-order valence-corrected chi connectivity index (χ4v) is 5.27. The molecule has 2 N–H and O–H groups in total. The molecule has 0 aliphatic heterocycles. The molecule has 41 heavy (non-hydrogen) atoms. The molecule has 4 rings (SSSR count). The van der Waals surface area contributed by atoms with Crippen LogP contribution in [0.3, 0.4) is 0 Å². The van der Waals surface area contributed by atoms with E-state index < -0.39 is 22.0 Å². The molecule has 212 valence electrons. The number of methoxy groups -OCH3 is 1. The number of ether oxygens (including phenoxy) is 2. The first-order valence-corrected chi connectivity index (χ1v) is 14.6.